The summed E-state index contributed by atoms with van der Waals surface area (Å²) in [5.41, 5.74) is 1.75. The number of carbonyl (C=O) groups is 1. The van der Waals surface area contributed by atoms with Gasteiger partial charge >= 0.3 is 0 Å². The lowest BCUT2D eigenvalue weighted by molar-refractivity contribution is 0.0771. The molecule has 8 heteroatoms. The highest BCUT2D eigenvalue weighted by molar-refractivity contribution is 6.36. The normalized spacial score (nSPS) is 10.8. The molecular weight excluding hydrogens is 351 g/mol. The van der Waals surface area contributed by atoms with Crippen LogP contribution in [0.1, 0.15) is 16.2 Å². The fraction of sp³-hybridized carbons (Fsp3) is 0.188. The molecule has 0 radical (unpaired) electrons. The van der Waals surface area contributed by atoms with Crippen LogP contribution in [0.25, 0.3) is 11.3 Å². The number of aromatic nitrogens is 3. The van der Waals surface area contributed by atoms with E-state index in [2.05, 4.69) is 10.3 Å². The second-order valence-electron chi connectivity index (χ2n) is 5.31. The molecule has 1 amide bonds. The molecule has 24 heavy (non-hydrogen) atoms. The zero-order chi connectivity index (χ0) is 17.3. The number of aryl methyl sites for hydroxylation is 1. The fourth-order valence-corrected chi connectivity index (χ4v) is 2.76. The Bertz CT molecular complexity index is 888. The van der Waals surface area contributed by atoms with Crippen molar-refractivity contribution in [3.05, 3.63) is 58.0 Å². The van der Waals surface area contributed by atoms with Gasteiger partial charge in [-0.05, 0) is 24.3 Å². The maximum absolute atomic E-state index is 12.5. The molecule has 0 fully saturated rings. The predicted molar refractivity (Wildman–Crippen MR) is 91.0 cm³/mol. The van der Waals surface area contributed by atoms with Crippen molar-refractivity contribution in [1.82, 2.24) is 19.8 Å². The molecule has 0 aliphatic rings. The third-order valence-electron chi connectivity index (χ3n) is 3.59. The summed E-state index contributed by atoms with van der Waals surface area (Å²) in [6.07, 6.45) is 1.68. The van der Waals surface area contributed by atoms with Crippen LogP contribution in [0.5, 0.6) is 0 Å². The van der Waals surface area contributed by atoms with Crippen molar-refractivity contribution in [2.75, 3.05) is 7.05 Å². The van der Waals surface area contributed by atoms with E-state index in [0.717, 1.165) is 5.69 Å². The molecule has 0 aliphatic carbocycles. The van der Waals surface area contributed by atoms with Gasteiger partial charge in [0.1, 0.15) is 0 Å². The summed E-state index contributed by atoms with van der Waals surface area (Å²) in [5.74, 6) is 0.158. The van der Waals surface area contributed by atoms with Gasteiger partial charge < -0.3 is 9.42 Å². The van der Waals surface area contributed by atoms with Gasteiger partial charge in [0.15, 0.2) is 11.5 Å². The standard InChI is InChI=1S/C16H14Cl2N4O2/c1-21(9-11-5-6-19-22(11)2)16(23)14-8-15(24-20-14)12-4-3-10(17)7-13(12)18/h3-8H,9H2,1-2H3. The van der Waals surface area contributed by atoms with Crippen molar-refractivity contribution in [2.45, 2.75) is 6.54 Å². The van der Waals surface area contributed by atoms with Gasteiger partial charge in [0, 0.05) is 36.9 Å². The smallest absolute Gasteiger partial charge is 0.276 e. The van der Waals surface area contributed by atoms with Crippen LogP contribution in [0.15, 0.2) is 41.1 Å². The molecule has 0 atom stereocenters. The highest BCUT2D eigenvalue weighted by Gasteiger charge is 2.19. The number of halogens is 2. The van der Waals surface area contributed by atoms with Crippen molar-refractivity contribution in [2.24, 2.45) is 7.05 Å². The quantitative estimate of drug-likeness (QED) is 0.708. The van der Waals surface area contributed by atoms with Crippen molar-refractivity contribution < 1.29 is 9.32 Å². The monoisotopic (exact) mass is 364 g/mol. The summed E-state index contributed by atoms with van der Waals surface area (Å²) in [4.78, 5) is 14.0. The van der Waals surface area contributed by atoms with E-state index in [1.165, 1.54) is 0 Å². The van der Waals surface area contributed by atoms with E-state index < -0.39 is 0 Å². The van der Waals surface area contributed by atoms with E-state index in [9.17, 15) is 4.79 Å². The highest BCUT2D eigenvalue weighted by atomic mass is 35.5. The van der Waals surface area contributed by atoms with Crippen molar-refractivity contribution in [3.8, 4) is 11.3 Å². The van der Waals surface area contributed by atoms with E-state index in [0.29, 0.717) is 27.9 Å². The minimum atomic E-state index is -0.253. The molecule has 0 bridgehead atoms. The summed E-state index contributed by atoms with van der Waals surface area (Å²) in [6, 6.07) is 8.44. The SMILES string of the molecule is CN(Cc1ccnn1C)C(=O)c1cc(-c2ccc(Cl)cc2Cl)on1. The zero-order valence-electron chi connectivity index (χ0n) is 13.0. The lowest BCUT2D eigenvalue weighted by Crippen LogP contribution is -2.27. The van der Waals surface area contributed by atoms with Gasteiger partial charge in [-0.2, -0.15) is 5.10 Å². The molecule has 0 N–H and O–H groups in total. The highest BCUT2D eigenvalue weighted by Crippen LogP contribution is 2.30. The van der Waals surface area contributed by atoms with Crippen LogP contribution < -0.4 is 0 Å². The molecule has 6 nitrogen and oxygen atoms in total. The van der Waals surface area contributed by atoms with Crippen LogP contribution in [0, 0.1) is 0 Å². The van der Waals surface area contributed by atoms with Gasteiger partial charge in [0.2, 0.25) is 0 Å². The second-order valence-corrected chi connectivity index (χ2v) is 6.15. The van der Waals surface area contributed by atoms with Gasteiger partial charge in [-0.25, -0.2) is 0 Å². The van der Waals surface area contributed by atoms with Gasteiger partial charge in [0.05, 0.1) is 17.3 Å². The molecule has 1 aromatic carbocycles. The van der Waals surface area contributed by atoms with Crippen LogP contribution >= 0.6 is 23.2 Å². The van der Waals surface area contributed by atoms with Gasteiger partial charge in [0.25, 0.3) is 5.91 Å². The Morgan fingerprint density at radius 2 is 2.08 bits per heavy atom. The minimum absolute atomic E-state index is 0.209. The number of rotatable bonds is 4. The van der Waals surface area contributed by atoms with Gasteiger partial charge in [-0.3, -0.25) is 9.48 Å². The lowest BCUT2D eigenvalue weighted by atomic mass is 10.1. The van der Waals surface area contributed by atoms with Gasteiger partial charge in [-0.15, -0.1) is 0 Å². The Morgan fingerprint density at radius 3 is 2.75 bits per heavy atom. The first kappa shape index (κ1) is 16.5. The maximum Gasteiger partial charge on any atom is 0.276 e. The molecular formula is C16H14Cl2N4O2. The molecule has 0 saturated carbocycles. The number of amides is 1. The minimum Gasteiger partial charge on any atom is -0.355 e. The summed E-state index contributed by atoms with van der Waals surface area (Å²) in [7, 11) is 3.52. The molecule has 3 aromatic rings. The van der Waals surface area contributed by atoms with Crippen molar-refractivity contribution in [1.29, 1.82) is 0 Å². The van der Waals surface area contributed by atoms with Crippen LogP contribution in [0.2, 0.25) is 10.0 Å². The first-order valence-electron chi connectivity index (χ1n) is 7.10. The summed E-state index contributed by atoms with van der Waals surface area (Å²) in [6.45, 7) is 0.416. The first-order valence-corrected chi connectivity index (χ1v) is 7.86. The van der Waals surface area contributed by atoms with E-state index >= 15 is 0 Å². The van der Waals surface area contributed by atoms with E-state index in [1.54, 1.807) is 47.1 Å². The third kappa shape index (κ3) is 3.29. The average Bonchev–Trinajstić information content (AvgIpc) is 3.16. The maximum atomic E-state index is 12.5. The van der Waals surface area contributed by atoms with E-state index in [4.69, 9.17) is 27.7 Å². The topological polar surface area (TPSA) is 64.2 Å². The number of hydrogen-bond acceptors (Lipinski definition) is 4. The Hall–Kier alpha value is -2.31. The Balaban J connectivity index is 1.79. The molecule has 0 unspecified atom stereocenters. The number of nitrogens with zero attached hydrogens (tertiary/aromatic N) is 4. The zero-order valence-corrected chi connectivity index (χ0v) is 14.5. The predicted octanol–water partition coefficient (Wildman–Crippen LogP) is 3.65. The lowest BCUT2D eigenvalue weighted by Gasteiger charge is -2.15. The summed E-state index contributed by atoms with van der Waals surface area (Å²) >= 11 is 12.0. The molecule has 2 aromatic heterocycles. The molecule has 0 saturated heterocycles. The molecule has 124 valence electrons. The summed E-state index contributed by atoms with van der Waals surface area (Å²) in [5, 5.41) is 8.88. The first-order chi connectivity index (χ1) is 11.5. The molecule has 2 heterocycles. The van der Waals surface area contributed by atoms with Crippen LogP contribution in [0.4, 0.5) is 0 Å². The number of hydrogen-bond donors (Lipinski definition) is 0. The number of benzene rings is 1. The largest absolute Gasteiger partial charge is 0.355 e. The van der Waals surface area contributed by atoms with Gasteiger partial charge in [-0.1, -0.05) is 28.4 Å². The van der Waals surface area contributed by atoms with Crippen LogP contribution in [-0.4, -0.2) is 32.8 Å². The third-order valence-corrected chi connectivity index (χ3v) is 4.14. The fourth-order valence-electron chi connectivity index (χ4n) is 2.26. The average molecular weight is 365 g/mol. The number of carbonyl (C=O) groups excluding carboxylic acids is 1. The molecule has 0 aliphatic heterocycles. The van der Waals surface area contributed by atoms with E-state index in [1.807, 2.05) is 13.1 Å². The summed E-state index contributed by atoms with van der Waals surface area (Å²) < 4.78 is 6.97. The van der Waals surface area contributed by atoms with Crippen molar-refractivity contribution >= 4 is 29.1 Å². The Kier molecular flexibility index (Phi) is 4.59. The van der Waals surface area contributed by atoms with Crippen LogP contribution in [-0.2, 0) is 13.6 Å². The molecule has 3 rings (SSSR count). The second kappa shape index (κ2) is 6.67. The molecule has 0 spiro atoms. The van der Waals surface area contributed by atoms with E-state index in [-0.39, 0.29) is 11.6 Å². The Labute approximate surface area is 148 Å². The Morgan fingerprint density at radius 1 is 1.29 bits per heavy atom. The van der Waals surface area contributed by atoms with Crippen molar-refractivity contribution in [3.63, 3.8) is 0 Å². The van der Waals surface area contributed by atoms with Crippen LogP contribution in [0.3, 0.4) is 0 Å².